The number of hydrogen-bond acceptors (Lipinski definition) is 4. The van der Waals surface area contributed by atoms with Crippen LogP contribution < -0.4 is 4.72 Å². The van der Waals surface area contributed by atoms with Gasteiger partial charge in [-0.05, 0) is 47.1 Å². The fraction of sp³-hybridized carbons (Fsp3) is 0.0909. The SMILES string of the molecule is Cc1nc(Br)ccc1NS(=O)(=O)c1ccnc(Cl)c1. The molecular formula is C11H9BrClN3O2S. The number of anilines is 1. The highest BCUT2D eigenvalue weighted by Gasteiger charge is 2.16. The molecule has 100 valence electrons. The molecule has 1 N–H and O–H groups in total. The van der Waals surface area contributed by atoms with E-state index >= 15 is 0 Å². The van der Waals surface area contributed by atoms with Gasteiger partial charge in [0.25, 0.3) is 10.0 Å². The van der Waals surface area contributed by atoms with Gasteiger partial charge in [0, 0.05) is 6.20 Å². The largest absolute Gasteiger partial charge is 0.278 e. The van der Waals surface area contributed by atoms with E-state index in [1.54, 1.807) is 19.1 Å². The number of nitrogens with zero attached hydrogens (tertiary/aromatic N) is 2. The lowest BCUT2D eigenvalue weighted by atomic mass is 10.3. The fourth-order valence-electron chi connectivity index (χ4n) is 1.39. The molecular weight excluding hydrogens is 354 g/mol. The number of aryl methyl sites for hydroxylation is 1. The number of nitrogens with one attached hydrogen (secondary N) is 1. The quantitative estimate of drug-likeness (QED) is 0.852. The van der Waals surface area contributed by atoms with E-state index in [0.717, 1.165) is 0 Å². The van der Waals surface area contributed by atoms with E-state index in [0.29, 0.717) is 16.0 Å². The average Bonchev–Trinajstić information content (AvgIpc) is 2.33. The summed E-state index contributed by atoms with van der Waals surface area (Å²) in [6.45, 7) is 1.71. The normalized spacial score (nSPS) is 11.3. The first kappa shape index (κ1) is 14.2. The highest BCUT2D eigenvalue weighted by Crippen LogP contribution is 2.21. The van der Waals surface area contributed by atoms with Gasteiger partial charge in [0.15, 0.2) is 0 Å². The van der Waals surface area contributed by atoms with Crippen LogP contribution in [0.25, 0.3) is 0 Å². The van der Waals surface area contributed by atoms with Crippen LogP contribution in [0.3, 0.4) is 0 Å². The molecule has 8 heteroatoms. The predicted molar refractivity (Wildman–Crippen MR) is 76.7 cm³/mol. The molecule has 2 heterocycles. The van der Waals surface area contributed by atoms with E-state index in [4.69, 9.17) is 11.6 Å². The summed E-state index contributed by atoms with van der Waals surface area (Å²) in [6, 6.07) is 5.94. The topological polar surface area (TPSA) is 72.0 Å². The lowest BCUT2D eigenvalue weighted by Crippen LogP contribution is -2.14. The molecule has 0 aliphatic carbocycles. The second kappa shape index (κ2) is 5.44. The molecule has 0 spiro atoms. The van der Waals surface area contributed by atoms with Crippen molar-refractivity contribution >= 4 is 43.2 Å². The standard InChI is InChI=1S/C11H9BrClN3O2S/c1-7-9(2-3-10(12)15-7)16-19(17,18)8-4-5-14-11(13)6-8/h2-6,16H,1H3. The summed E-state index contributed by atoms with van der Waals surface area (Å²) >= 11 is 8.90. The number of halogens is 2. The molecule has 2 aromatic rings. The maximum Gasteiger partial charge on any atom is 0.262 e. The highest BCUT2D eigenvalue weighted by atomic mass is 79.9. The third-order valence-corrected chi connectivity index (χ3v) is 4.32. The van der Waals surface area contributed by atoms with E-state index in [9.17, 15) is 8.42 Å². The zero-order valence-corrected chi connectivity index (χ0v) is 12.9. The third kappa shape index (κ3) is 3.43. The Balaban J connectivity index is 2.36. The minimum atomic E-state index is -3.70. The highest BCUT2D eigenvalue weighted by molar-refractivity contribution is 9.10. The Kier molecular flexibility index (Phi) is 4.07. The van der Waals surface area contributed by atoms with Crippen LogP contribution in [0.5, 0.6) is 0 Å². The molecule has 0 saturated carbocycles. The Morgan fingerprint density at radius 2 is 2.05 bits per heavy atom. The van der Waals surface area contributed by atoms with Crippen molar-refractivity contribution in [1.82, 2.24) is 9.97 Å². The van der Waals surface area contributed by atoms with Gasteiger partial charge < -0.3 is 0 Å². The summed E-state index contributed by atoms with van der Waals surface area (Å²) < 4.78 is 27.4. The van der Waals surface area contributed by atoms with Crippen molar-refractivity contribution < 1.29 is 8.42 Å². The van der Waals surface area contributed by atoms with Gasteiger partial charge in [-0.3, -0.25) is 4.72 Å². The van der Waals surface area contributed by atoms with Gasteiger partial charge in [0.2, 0.25) is 0 Å². The van der Waals surface area contributed by atoms with Crippen molar-refractivity contribution in [2.75, 3.05) is 4.72 Å². The van der Waals surface area contributed by atoms with Crippen LogP contribution in [0, 0.1) is 6.92 Å². The second-order valence-corrected chi connectivity index (χ2v) is 6.57. The van der Waals surface area contributed by atoms with Gasteiger partial charge in [-0.25, -0.2) is 18.4 Å². The molecule has 0 unspecified atom stereocenters. The summed E-state index contributed by atoms with van der Waals surface area (Å²) in [5, 5.41) is 0.119. The summed E-state index contributed by atoms with van der Waals surface area (Å²) in [6.07, 6.45) is 1.34. The van der Waals surface area contributed by atoms with Crippen LogP contribution in [0.1, 0.15) is 5.69 Å². The minimum absolute atomic E-state index is 0.0508. The first-order valence-electron chi connectivity index (χ1n) is 5.16. The summed E-state index contributed by atoms with van der Waals surface area (Å²) in [7, 11) is -3.70. The van der Waals surface area contributed by atoms with E-state index in [1.807, 2.05) is 0 Å². The van der Waals surface area contributed by atoms with Crippen molar-refractivity contribution in [3.63, 3.8) is 0 Å². The molecule has 0 fully saturated rings. The maximum atomic E-state index is 12.2. The number of sulfonamides is 1. The molecule has 0 amide bonds. The number of pyridine rings is 2. The lowest BCUT2D eigenvalue weighted by molar-refractivity contribution is 0.601. The molecule has 0 radical (unpaired) electrons. The van der Waals surface area contributed by atoms with Gasteiger partial charge in [0.05, 0.1) is 16.3 Å². The summed E-state index contributed by atoms with van der Waals surface area (Å²) in [5.74, 6) is 0. The Hall–Kier alpha value is -1.18. The average molecular weight is 363 g/mol. The lowest BCUT2D eigenvalue weighted by Gasteiger charge is -2.10. The molecule has 0 aliphatic heterocycles. The second-order valence-electron chi connectivity index (χ2n) is 3.69. The van der Waals surface area contributed by atoms with Crippen LogP contribution in [-0.2, 0) is 10.0 Å². The monoisotopic (exact) mass is 361 g/mol. The van der Waals surface area contributed by atoms with Crippen LogP contribution in [-0.4, -0.2) is 18.4 Å². The molecule has 5 nitrogen and oxygen atoms in total. The Labute approximate surface area is 124 Å². The fourth-order valence-corrected chi connectivity index (χ4v) is 3.16. The van der Waals surface area contributed by atoms with Crippen LogP contribution in [0.4, 0.5) is 5.69 Å². The minimum Gasteiger partial charge on any atom is -0.278 e. The zero-order chi connectivity index (χ0) is 14.0. The van der Waals surface area contributed by atoms with E-state index in [-0.39, 0.29) is 10.0 Å². The maximum absolute atomic E-state index is 12.2. The van der Waals surface area contributed by atoms with Gasteiger partial charge in [0.1, 0.15) is 9.76 Å². The molecule has 2 rings (SSSR count). The predicted octanol–water partition coefficient (Wildman–Crippen LogP) is 3.00. The van der Waals surface area contributed by atoms with Crippen LogP contribution in [0.15, 0.2) is 40.0 Å². The van der Waals surface area contributed by atoms with Crippen LogP contribution in [0.2, 0.25) is 5.15 Å². The van der Waals surface area contributed by atoms with Gasteiger partial charge in [-0.1, -0.05) is 11.6 Å². The smallest absolute Gasteiger partial charge is 0.262 e. The molecule has 0 atom stereocenters. The van der Waals surface area contributed by atoms with E-state index in [1.165, 1.54) is 18.3 Å². The van der Waals surface area contributed by atoms with Crippen molar-refractivity contribution in [2.24, 2.45) is 0 Å². The van der Waals surface area contributed by atoms with Gasteiger partial charge in [-0.2, -0.15) is 0 Å². The van der Waals surface area contributed by atoms with Crippen molar-refractivity contribution in [3.8, 4) is 0 Å². The number of rotatable bonds is 3. The molecule has 19 heavy (non-hydrogen) atoms. The van der Waals surface area contributed by atoms with Crippen molar-refractivity contribution in [1.29, 1.82) is 0 Å². The van der Waals surface area contributed by atoms with Gasteiger partial charge in [-0.15, -0.1) is 0 Å². The van der Waals surface area contributed by atoms with Crippen LogP contribution >= 0.6 is 27.5 Å². The molecule has 0 saturated heterocycles. The summed E-state index contributed by atoms with van der Waals surface area (Å²) in [4.78, 5) is 7.92. The number of aromatic nitrogens is 2. The Bertz CT molecular complexity index is 722. The third-order valence-electron chi connectivity index (χ3n) is 2.30. The first-order valence-corrected chi connectivity index (χ1v) is 7.81. The number of hydrogen-bond donors (Lipinski definition) is 1. The Morgan fingerprint density at radius 3 is 2.68 bits per heavy atom. The molecule has 0 aromatic carbocycles. The first-order chi connectivity index (χ1) is 8.88. The molecule has 0 bridgehead atoms. The van der Waals surface area contributed by atoms with E-state index < -0.39 is 10.0 Å². The molecule has 0 aliphatic rings. The van der Waals surface area contributed by atoms with Crippen molar-refractivity contribution in [3.05, 3.63) is 45.9 Å². The molecule has 2 aromatic heterocycles. The Morgan fingerprint density at radius 1 is 1.32 bits per heavy atom. The summed E-state index contributed by atoms with van der Waals surface area (Å²) in [5.41, 5.74) is 0.981. The zero-order valence-electron chi connectivity index (χ0n) is 9.76. The van der Waals surface area contributed by atoms with Crippen molar-refractivity contribution in [2.45, 2.75) is 11.8 Å². The van der Waals surface area contributed by atoms with E-state index in [2.05, 4.69) is 30.6 Å². The van der Waals surface area contributed by atoms with Gasteiger partial charge >= 0.3 is 0 Å².